The quantitative estimate of drug-likeness (QED) is 0.412. The van der Waals surface area contributed by atoms with Crippen LogP contribution in [0.15, 0.2) is 65.7 Å². The fraction of sp³-hybridized carbons (Fsp3) is 0.100. The zero-order chi connectivity index (χ0) is 22.0. The number of thioether (sulfide) groups is 1. The molecule has 1 N–H and O–H groups in total. The number of amides is 1. The number of halogens is 4. The Morgan fingerprint density at radius 3 is 2.58 bits per heavy atom. The molecule has 0 radical (unpaired) electrons. The number of benzene rings is 2. The minimum absolute atomic E-state index is 0.0166. The lowest BCUT2D eigenvalue weighted by Crippen LogP contribution is -2.15. The lowest BCUT2D eigenvalue weighted by Gasteiger charge is -2.11. The molecule has 0 spiro atoms. The maximum Gasteiger partial charge on any atom is 0.416 e. The van der Waals surface area contributed by atoms with Crippen LogP contribution in [0.2, 0.25) is 5.02 Å². The third-order valence-corrected chi connectivity index (χ3v) is 5.44. The highest BCUT2D eigenvalue weighted by molar-refractivity contribution is 7.99. The Morgan fingerprint density at radius 1 is 1.06 bits per heavy atom. The summed E-state index contributed by atoms with van der Waals surface area (Å²) in [5.41, 5.74) is 0.383. The minimum Gasteiger partial charge on any atom is -0.324 e. The number of hydrogen-bond acceptors (Lipinski definition) is 5. The largest absolute Gasteiger partial charge is 0.416 e. The molecule has 1 amide bonds. The van der Waals surface area contributed by atoms with E-state index in [9.17, 15) is 18.0 Å². The maximum atomic E-state index is 12.9. The zero-order valence-electron chi connectivity index (χ0n) is 15.6. The van der Waals surface area contributed by atoms with Crippen LogP contribution in [0.1, 0.15) is 5.56 Å². The molecule has 2 aromatic heterocycles. The summed E-state index contributed by atoms with van der Waals surface area (Å²) in [6.45, 7) is 0. The summed E-state index contributed by atoms with van der Waals surface area (Å²) in [6.07, 6.45) is -4.53. The molecule has 0 aliphatic carbocycles. The van der Waals surface area contributed by atoms with E-state index in [2.05, 4.69) is 20.6 Å². The molecular weight excluding hydrogens is 451 g/mol. The van der Waals surface area contributed by atoms with Gasteiger partial charge in [-0.05, 0) is 30.3 Å². The number of rotatable bonds is 5. The summed E-state index contributed by atoms with van der Waals surface area (Å²) in [4.78, 5) is 12.3. The summed E-state index contributed by atoms with van der Waals surface area (Å²) >= 11 is 7.04. The molecule has 6 nitrogen and oxygen atoms in total. The molecule has 158 valence electrons. The molecule has 0 aliphatic heterocycles. The van der Waals surface area contributed by atoms with Crippen molar-refractivity contribution < 1.29 is 18.0 Å². The fourth-order valence-electron chi connectivity index (χ4n) is 2.74. The standard InChI is InChI=1S/C20H13ClF3N5OS/c21-14-7-6-13(20(22,23)24)10-15(14)25-17(30)11-31-18-9-8-16-26-27-19(29(16)28-18)12-4-2-1-3-5-12/h1-10H,11H2,(H,25,30). The van der Waals surface area contributed by atoms with E-state index in [4.69, 9.17) is 11.6 Å². The molecule has 0 aliphatic rings. The zero-order valence-corrected chi connectivity index (χ0v) is 17.2. The van der Waals surface area contributed by atoms with Crippen molar-refractivity contribution in [1.29, 1.82) is 0 Å². The maximum absolute atomic E-state index is 12.9. The lowest BCUT2D eigenvalue weighted by atomic mass is 10.2. The molecule has 4 aromatic rings. The Kier molecular flexibility index (Phi) is 5.84. The van der Waals surface area contributed by atoms with E-state index in [-0.39, 0.29) is 16.5 Å². The molecule has 0 fully saturated rings. The van der Waals surface area contributed by atoms with E-state index in [1.807, 2.05) is 30.3 Å². The SMILES string of the molecule is O=C(CSc1ccc2nnc(-c3ccccc3)n2n1)Nc1cc(C(F)(F)F)ccc1Cl. The van der Waals surface area contributed by atoms with Gasteiger partial charge in [-0.3, -0.25) is 4.79 Å². The van der Waals surface area contributed by atoms with Crippen molar-refractivity contribution in [3.63, 3.8) is 0 Å². The number of alkyl halides is 3. The minimum atomic E-state index is -4.53. The van der Waals surface area contributed by atoms with Gasteiger partial charge in [0.2, 0.25) is 5.91 Å². The molecular formula is C20H13ClF3N5OS. The summed E-state index contributed by atoms with van der Waals surface area (Å²) < 4.78 is 40.2. The van der Waals surface area contributed by atoms with Crippen LogP contribution in [-0.4, -0.2) is 31.5 Å². The van der Waals surface area contributed by atoms with Crippen LogP contribution < -0.4 is 5.32 Å². The first kappa shape index (κ1) is 21.1. The number of nitrogens with one attached hydrogen (secondary N) is 1. The van der Waals surface area contributed by atoms with Crippen LogP contribution in [0.25, 0.3) is 17.0 Å². The van der Waals surface area contributed by atoms with Crippen molar-refractivity contribution in [2.75, 3.05) is 11.1 Å². The molecule has 31 heavy (non-hydrogen) atoms. The summed E-state index contributed by atoms with van der Waals surface area (Å²) in [7, 11) is 0. The smallest absolute Gasteiger partial charge is 0.324 e. The number of fused-ring (bicyclic) bond motifs is 1. The Labute approximate surface area is 183 Å². The topological polar surface area (TPSA) is 72.2 Å². The number of anilines is 1. The van der Waals surface area contributed by atoms with Gasteiger partial charge in [-0.1, -0.05) is 53.7 Å². The van der Waals surface area contributed by atoms with Crippen molar-refractivity contribution in [3.05, 3.63) is 71.2 Å². The highest BCUT2D eigenvalue weighted by atomic mass is 35.5. The second-order valence-electron chi connectivity index (χ2n) is 6.36. The van der Waals surface area contributed by atoms with Gasteiger partial charge < -0.3 is 5.32 Å². The molecule has 0 saturated heterocycles. The van der Waals surface area contributed by atoms with Gasteiger partial charge in [0, 0.05) is 5.56 Å². The predicted molar refractivity (Wildman–Crippen MR) is 112 cm³/mol. The first-order valence-corrected chi connectivity index (χ1v) is 10.2. The van der Waals surface area contributed by atoms with Crippen molar-refractivity contribution in [2.24, 2.45) is 0 Å². The average Bonchev–Trinajstić information content (AvgIpc) is 3.17. The van der Waals surface area contributed by atoms with E-state index in [1.54, 1.807) is 16.6 Å². The van der Waals surface area contributed by atoms with Crippen molar-refractivity contribution in [1.82, 2.24) is 19.8 Å². The van der Waals surface area contributed by atoms with Crippen molar-refractivity contribution >= 4 is 40.6 Å². The van der Waals surface area contributed by atoms with E-state index < -0.39 is 17.6 Å². The van der Waals surface area contributed by atoms with Gasteiger partial charge in [-0.25, -0.2) is 0 Å². The van der Waals surface area contributed by atoms with Crippen LogP contribution >= 0.6 is 23.4 Å². The van der Waals surface area contributed by atoms with Gasteiger partial charge in [0.05, 0.1) is 22.0 Å². The second kappa shape index (κ2) is 8.56. The van der Waals surface area contributed by atoms with Gasteiger partial charge in [-0.15, -0.1) is 10.2 Å². The second-order valence-corrected chi connectivity index (χ2v) is 7.76. The van der Waals surface area contributed by atoms with Gasteiger partial charge in [0.25, 0.3) is 0 Å². The van der Waals surface area contributed by atoms with E-state index in [1.165, 1.54) is 0 Å². The van der Waals surface area contributed by atoms with Crippen molar-refractivity contribution in [2.45, 2.75) is 11.2 Å². The van der Waals surface area contributed by atoms with Gasteiger partial charge >= 0.3 is 6.18 Å². The first-order valence-electron chi connectivity index (χ1n) is 8.88. The molecule has 2 heterocycles. The molecule has 4 rings (SSSR count). The molecule has 2 aromatic carbocycles. The predicted octanol–water partition coefficient (Wildman–Crippen LogP) is 5.19. The number of carbonyl (C=O) groups is 1. The third kappa shape index (κ3) is 4.80. The molecule has 0 saturated carbocycles. The number of carbonyl (C=O) groups excluding carboxylic acids is 1. The normalized spacial score (nSPS) is 11.6. The van der Waals surface area contributed by atoms with E-state index in [0.29, 0.717) is 16.5 Å². The highest BCUT2D eigenvalue weighted by Crippen LogP contribution is 2.34. The van der Waals surface area contributed by atoms with Crippen LogP contribution in [-0.2, 0) is 11.0 Å². The number of aromatic nitrogens is 4. The molecule has 0 bridgehead atoms. The number of hydrogen-bond donors (Lipinski definition) is 1. The van der Waals surface area contributed by atoms with Gasteiger partial charge in [0.15, 0.2) is 11.5 Å². The first-order chi connectivity index (χ1) is 14.8. The summed E-state index contributed by atoms with van der Waals surface area (Å²) in [6, 6.07) is 15.6. The third-order valence-electron chi connectivity index (χ3n) is 4.19. The molecule has 11 heteroatoms. The van der Waals surface area contributed by atoms with Crippen LogP contribution in [0.3, 0.4) is 0 Å². The number of nitrogens with zero attached hydrogens (tertiary/aromatic N) is 4. The van der Waals surface area contributed by atoms with E-state index >= 15 is 0 Å². The van der Waals surface area contributed by atoms with E-state index in [0.717, 1.165) is 35.5 Å². The summed E-state index contributed by atoms with van der Waals surface area (Å²) in [5, 5.41) is 15.6. The van der Waals surface area contributed by atoms with Crippen LogP contribution in [0.5, 0.6) is 0 Å². The summed E-state index contributed by atoms with van der Waals surface area (Å²) in [5.74, 6) is -0.0353. The Bertz CT molecular complexity index is 1250. The monoisotopic (exact) mass is 463 g/mol. The van der Waals surface area contributed by atoms with Gasteiger partial charge in [-0.2, -0.15) is 22.8 Å². The van der Waals surface area contributed by atoms with Gasteiger partial charge in [0.1, 0.15) is 5.03 Å². The Hall–Kier alpha value is -3.11. The van der Waals surface area contributed by atoms with Crippen LogP contribution in [0.4, 0.5) is 18.9 Å². The van der Waals surface area contributed by atoms with Crippen molar-refractivity contribution in [3.8, 4) is 11.4 Å². The fourth-order valence-corrected chi connectivity index (χ4v) is 3.56. The lowest BCUT2D eigenvalue weighted by molar-refractivity contribution is -0.137. The Balaban J connectivity index is 1.48. The highest BCUT2D eigenvalue weighted by Gasteiger charge is 2.31. The van der Waals surface area contributed by atoms with Crippen LogP contribution in [0, 0.1) is 0 Å². The average molecular weight is 464 g/mol. The molecule has 0 atom stereocenters. The molecule has 0 unspecified atom stereocenters. The Morgan fingerprint density at radius 2 is 1.84 bits per heavy atom.